The Labute approximate surface area is 160 Å². The molecule has 1 aliphatic heterocycles. The molecule has 0 fully saturated rings. The molecule has 1 unspecified atom stereocenters. The SMILES string of the molecule is O=c1[nH]c(CSc2nnc(C3COc4ccccc4O3)o2)nc2ccsc12. The number of ether oxygens (including phenoxy) is 2. The van der Waals surface area contributed by atoms with Gasteiger partial charge >= 0.3 is 0 Å². The molecule has 1 aromatic carbocycles. The second kappa shape index (κ2) is 6.71. The van der Waals surface area contributed by atoms with E-state index < -0.39 is 6.10 Å². The first-order chi connectivity index (χ1) is 13.3. The third-order valence-corrected chi connectivity index (χ3v) is 5.63. The van der Waals surface area contributed by atoms with Crippen LogP contribution in [0.2, 0.25) is 0 Å². The van der Waals surface area contributed by atoms with Gasteiger partial charge in [-0.15, -0.1) is 21.5 Å². The Balaban J connectivity index is 1.29. The Morgan fingerprint density at radius 3 is 3.04 bits per heavy atom. The predicted octanol–water partition coefficient (Wildman–Crippen LogP) is 3.17. The summed E-state index contributed by atoms with van der Waals surface area (Å²) in [6, 6.07) is 9.26. The molecule has 136 valence electrons. The van der Waals surface area contributed by atoms with E-state index in [4.69, 9.17) is 13.9 Å². The van der Waals surface area contributed by atoms with Gasteiger partial charge in [0.1, 0.15) is 17.1 Å². The third-order valence-electron chi connectivity index (χ3n) is 3.90. The lowest BCUT2D eigenvalue weighted by Gasteiger charge is -2.23. The maximum absolute atomic E-state index is 12.0. The minimum atomic E-state index is -0.457. The molecule has 1 atom stereocenters. The maximum atomic E-state index is 12.0. The van der Waals surface area contributed by atoms with Crippen molar-refractivity contribution in [3.05, 3.63) is 57.8 Å². The van der Waals surface area contributed by atoms with Crippen LogP contribution in [0.5, 0.6) is 11.5 Å². The van der Waals surface area contributed by atoms with Crippen LogP contribution in [0, 0.1) is 0 Å². The highest BCUT2D eigenvalue weighted by atomic mass is 32.2. The molecule has 0 saturated carbocycles. The highest BCUT2D eigenvalue weighted by Gasteiger charge is 2.27. The summed E-state index contributed by atoms with van der Waals surface area (Å²) in [5.74, 6) is 2.66. The van der Waals surface area contributed by atoms with Crippen LogP contribution in [-0.4, -0.2) is 26.8 Å². The number of fused-ring (bicyclic) bond motifs is 2. The van der Waals surface area contributed by atoms with Gasteiger partial charge in [-0.1, -0.05) is 23.9 Å². The highest BCUT2D eigenvalue weighted by Crippen LogP contribution is 2.36. The van der Waals surface area contributed by atoms with Crippen LogP contribution in [0.4, 0.5) is 0 Å². The quantitative estimate of drug-likeness (QED) is 0.521. The van der Waals surface area contributed by atoms with E-state index in [1.165, 1.54) is 23.1 Å². The van der Waals surface area contributed by atoms with Crippen LogP contribution in [0.3, 0.4) is 0 Å². The molecule has 1 aliphatic rings. The molecule has 0 spiro atoms. The molecule has 0 aliphatic carbocycles. The van der Waals surface area contributed by atoms with Gasteiger partial charge in [0.05, 0.1) is 11.3 Å². The van der Waals surface area contributed by atoms with Crippen LogP contribution in [0.1, 0.15) is 17.8 Å². The van der Waals surface area contributed by atoms with Gasteiger partial charge in [-0.3, -0.25) is 4.79 Å². The van der Waals surface area contributed by atoms with E-state index in [0.717, 1.165) is 0 Å². The van der Waals surface area contributed by atoms with Gasteiger partial charge in [0.2, 0.25) is 6.10 Å². The Kier molecular flexibility index (Phi) is 4.06. The van der Waals surface area contributed by atoms with E-state index in [0.29, 0.717) is 51.0 Å². The number of aromatic nitrogens is 4. The number of thioether (sulfide) groups is 1. The number of nitrogens with one attached hydrogen (secondary N) is 1. The number of para-hydroxylation sites is 2. The number of hydrogen-bond donors (Lipinski definition) is 1. The molecular weight excluding hydrogens is 388 g/mol. The van der Waals surface area contributed by atoms with Crippen molar-refractivity contribution >= 4 is 33.3 Å². The van der Waals surface area contributed by atoms with Gasteiger partial charge in [0.15, 0.2) is 11.5 Å². The monoisotopic (exact) mass is 400 g/mol. The lowest BCUT2D eigenvalue weighted by atomic mass is 10.2. The van der Waals surface area contributed by atoms with Crippen molar-refractivity contribution in [1.82, 2.24) is 20.2 Å². The van der Waals surface area contributed by atoms with Crippen molar-refractivity contribution in [2.24, 2.45) is 0 Å². The largest absolute Gasteiger partial charge is 0.485 e. The average Bonchev–Trinajstić information content (AvgIpc) is 3.36. The molecule has 0 radical (unpaired) electrons. The van der Waals surface area contributed by atoms with Crippen molar-refractivity contribution in [2.75, 3.05) is 6.61 Å². The standard InChI is InChI=1S/C17H12N4O4S2/c22-15-14-9(5-6-26-14)18-13(19-15)8-27-17-21-20-16(25-17)12-7-23-10-3-1-2-4-11(10)24-12/h1-6,12H,7-8H2,(H,18,19,22). The van der Waals surface area contributed by atoms with Crippen LogP contribution in [0.25, 0.3) is 10.2 Å². The van der Waals surface area contributed by atoms with Crippen molar-refractivity contribution in [2.45, 2.75) is 17.1 Å². The molecule has 8 nitrogen and oxygen atoms in total. The van der Waals surface area contributed by atoms with Crippen LogP contribution < -0.4 is 15.0 Å². The fourth-order valence-corrected chi connectivity index (χ4v) is 4.04. The molecular formula is C17H12N4O4S2. The van der Waals surface area contributed by atoms with E-state index >= 15 is 0 Å². The third kappa shape index (κ3) is 3.17. The first-order valence-electron chi connectivity index (χ1n) is 8.07. The zero-order valence-corrected chi connectivity index (χ0v) is 15.4. The molecule has 3 aromatic heterocycles. The van der Waals surface area contributed by atoms with Gasteiger partial charge in [0, 0.05) is 0 Å². The molecule has 0 amide bonds. The van der Waals surface area contributed by atoms with E-state index in [1.54, 1.807) is 0 Å². The van der Waals surface area contributed by atoms with Crippen molar-refractivity contribution in [1.29, 1.82) is 0 Å². The Morgan fingerprint density at radius 1 is 1.22 bits per heavy atom. The van der Waals surface area contributed by atoms with Gasteiger partial charge in [-0.05, 0) is 23.6 Å². The summed E-state index contributed by atoms with van der Waals surface area (Å²) in [4.78, 5) is 19.2. The van der Waals surface area contributed by atoms with Gasteiger partial charge in [-0.25, -0.2) is 4.98 Å². The fraction of sp³-hybridized carbons (Fsp3) is 0.176. The summed E-state index contributed by atoms with van der Waals surface area (Å²) >= 11 is 2.67. The topological polar surface area (TPSA) is 103 Å². The highest BCUT2D eigenvalue weighted by molar-refractivity contribution is 7.98. The first kappa shape index (κ1) is 16.3. The average molecular weight is 400 g/mol. The maximum Gasteiger partial charge on any atom is 0.277 e. The van der Waals surface area contributed by atoms with E-state index in [1.807, 2.05) is 35.7 Å². The number of thiophene rings is 1. The minimum Gasteiger partial charge on any atom is -0.485 e. The zero-order chi connectivity index (χ0) is 18.2. The van der Waals surface area contributed by atoms with Crippen LogP contribution >= 0.6 is 23.1 Å². The number of H-pyrrole nitrogens is 1. The van der Waals surface area contributed by atoms with Crippen LogP contribution in [-0.2, 0) is 5.75 Å². The number of rotatable bonds is 4. The van der Waals surface area contributed by atoms with Crippen molar-refractivity contribution < 1.29 is 13.9 Å². The van der Waals surface area contributed by atoms with Crippen molar-refractivity contribution in [3.63, 3.8) is 0 Å². The molecule has 10 heteroatoms. The van der Waals surface area contributed by atoms with Crippen molar-refractivity contribution in [3.8, 4) is 11.5 Å². The summed E-state index contributed by atoms with van der Waals surface area (Å²) in [5.41, 5.74) is 0.556. The molecule has 0 saturated heterocycles. The Morgan fingerprint density at radius 2 is 2.11 bits per heavy atom. The molecule has 27 heavy (non-hydrogen) atoms. The fourth-order valence-electron chi connectivity index (χ4n) is 2.67. The van der Waals surface area contributed by atoms with Gasteiger partial charge < -0.3 is 18.9 Å². The van der Waals surface area contributed by atoms with Gasteiger partial charge in [0.25, 0.3) is 16.7 Å². The normalized spacial score (nSPS) is 15.9. The van der Waals surface area contributed by atoms with Gasteiger partial charge in [-0.2, -0.15) is 0 Å². The Bertz CT molecular complexity index is 1170. The molecule has 5 rings (SSSR count). The summed E-state index contributed by atoms with van der Waals surface area (Å²) in [5, 5.41) is 10.3. The summed E-state index contributed by atoms with van der Waals surface area (Å²) in [6.07, 6.45) is -0.457. The summed E-state index contributed by atoms with van der Waals surface area (Å²) in [7, 11) is 0. The Hall–Kier alpha value is -2.85. The van der Waals surface area contributed by atoms with E-state index in [-0.39, 0.29) is 5.56 Å². The predicted molar refractivity (Wildman–Crippen MR) is 99.4 cm³/mol. The number of hydrogen-bond acceptors (Lipinski definition) is 9. The number of nitrogens with zero attached hydrogens (tertiary/aromatic N) is 3. The lowest BCUT2D eigenvalue weighted by Crippen LogP contribution is -2.21. The molecule has 4 aromatic rings. The number of aromatic amines is 1. The lowest BCUT2D eigenvalue weighted by molar-refractivity contribution is 0.0686. The smallest absolute Gasteiger partial charge is 0.277 e. The minimum absolute atomic E-state index is 0.136. The molecule has 1 N–H and O–H groups in total. The molecule has 4 heterocycles. The van der Waals surface area contributed by atoms with Crippen LogP contribution in [0.15, 0.2) is 50.1 Å². The second-order valence-electron chi connectivity index (χ2n) is 5.71. The number of benzene rings is 1. The molecule has 0 bridgehead atoms. The first-order valence-corrected chi connectivity index (χ1v) is 9.94. The summed E-state index contributed by atoms with van der Waals surface area (Å²) < 4.78 is 17.8. The van der Waals surface area contributed by atoms with E-state index in [2.05, 4.69) is 20.2 Å². The van der Waals surface area contributed by atoms with E-state index in [9.17, 15) is 4.79 Å². The summed E-state index contributed by atoms with van der Waals surface area (Å²) in [6.45, 7) is 0.299. The second-order valence-corrected chi connectivity index (χ2v) is 7.55. The zero-order valence-electron chi connectivity index (χ0n) is 13.7.